The van der Waals surface area contributed by atoms with Crippen molar-refractivity contribution in [1.29, 1.82) is 0 Å². The van der Waals surface area contributed by atoms with E-state index >= 15 is 0 Å². The minimum Gasteiger partial charge on any atom is -0.475 e. The second-order valence-corrected chi connectivity index (χ2v) is 8.19. The number of rotatable bonds is 7. The van der Waals surface area contributed by atoms with Gasteiger partial charge in [-0.1, -0.05) is 48.5 Å². The number of hydrogen-bond donors (Lipinski definition) is 2. The van der Waals surface area contributed by atoms with Gasteiger partial charge in [0, 0.05) is 28.8 Å². The van der Waals surface area contributed by atoms with Crippen LogP contribution in [0.15, 0.2) is 70.2 Å². The van der Waals surface area contributed by atoms with Gasteiger partial charge in [0.25, 0.3) is 10.0 Å². The molecule has 3 aromatic rings. The molecule has 0 aliphatic carbocycles. The Morgan fingerprint density at radius 1 is 1.00 bits per heavy atom. The summed E-state index contributed by atoms with van der Waals surface area (Å²) < 4.78 is 32.6. The molecule has 0 amide bonds. The van der Waals surface area contributed by atoms with E-state index in [1.807, 2.05) is 6.07 Å². The third-order valence-electron chi connectivity index (χ3n) is 4.37. The first-order valence-corrected chi connectivity index (χ1v) is 10.2. The number of aryl methyl sites for hydroxylation is 1. The van der Waals surface area contributed by atoms with E-state index in [4.69, 9.17) is 9.52 Å². The Balaban J connectivity index is 1.84. The summed E-state index contributed by atoms with van der Waals surface area (Å²) in [5.41, 5.74) is 1.75. The van der Waals surface area contributed by atoms with Gasteiger partial charge in [-0.15, -0.1) is 0 Å². The van der Waals surface area contributed by atoms with Gasteiger partial charge in [0.1, 0.15) is 0 Å². The molecule has 0 unspecified atom stereocenters. The third-order valence-corrected chi connectivity index (χ3v) is 5.77. The molecule has 0 radical (unpaired) electrons. The third kappa shape index (κ3) is 4.44. The molecule has 0 aliphatic rings. The van der Waals surface area contributed by atoms with Gasteiger partial charge in [-0.3, -0.25) is 4.79 Å². The topological polar surface area (TPSA) is 114 Å². The molecule has 1 atom stereocenters. The van der Waals surface area contributed by atoms with Crippen molar-refractivity contribution < 1.29 is 27.5 Å². The molecule has 0 saturated heterocycles. The maximum atomic E-state index is 12.6. The molecule has 0 fully saturated rings. The maximum Gasteiger partial charge on any atom is 0.372 e. The largest absolute Gasteiger partial charge is 0.475 e. The molecule has 150 valence electrons. The zero-order valence-corrected chi connectivity index (χ0v) is 16.6. The van der Waals surface area contributed by atoms with E-state index in [2.05, 4.69) is 4.72 Å². The minimum atomic E-state index is -4.09. The van der Waals surface area contributed by atoms with Crippen LogP contribution in [0.2, 0.25) is 0 Å². The van der Waals surface area contributed by atoms with Crippen LogP contribution in [0.5, 0.6) is 0 Å². The smallest absolute Gasteiger partial charge is 0.372 e. The molecule has 3 rings (SSSR count). The van der Waals surface area contributed by atoms with E-state index in [9.17, 15) is 18.0 Å². The Labute approximate surface area is 168 Å². The predicted octanol–water partition coefficient (Wildman–Crippen LogP) is 3.56. The number of hydrogen-bond acceptors (Lipinski definition) is 5. The number of nitrogens with one attached hydrogen (secondary N) is 1. The Morgan fingerprint density at radius 3 is 2.28 bits per heavy atom. The summed E-state index contributed by atoms with van der Waals surface area (Å²) in [7, 11) is -4.09. The number of carbonyl (C=O) groups is 2. The van der Waals surface area contributed by atoms with Crippen LogP contribution in [0.1, 0.15) is 50.6 Å². The quantitative estimate of drug-likeness (QED) is 0.573. The molecule has 2 N–H and O–H groups in total. The molecule has 2 aromatic carbocycles. The Kier molecular flexibility index (Phi) is 5.67. The minimum absolute atomic E-state index is 0.171. The fourth-order valence-electron chi connectivity index (χ4n) is 2.86. The van der Waals surface area contributed by atoms with Gasteiger partial charge in [0.15, 0.2) is 5.78 Å². The van der Waals surface area contributed by atoms with Crippen LogP contribution < -0.4 is 4.72 Å². The number of benzene rings is 2. The van der Waals surface area contributed by atoms with Crippen LogP contribution in [0.3, 0.4) is 0 Å². The molecule has 8 heteroatoms. The van der Waals surface area contributed by atoms with Gasteiger partial charge in [-0.25, -0.2) is 17.9 Å². The first-order valence-electron chi connectivity index (χ1n) is 8.75. The molecule has 7 nitrogen and oxygen atoms in total. The zero-order chi connectivity index (χ0) is 21.2. The number of carboxylic acids is 1. The van der Waals surface area contributed by atoms with E-state index in [1.165, 1.54) is 6.92 Å². The maximum absolute atomic E-state index is 12.6. The van der Waals surface area contributed by atoms with Crippen LogP contribution in [0.25, 0.3) is 0 Å². The van der Waals surface area contributed by atoms with Crippen LogP contribution in [0, 0.1) is 6.92 Å². The van der Waals surface area contributed by atoms with E-state index in [1.54, 1.807) is 55.5 Å². The molecule has 1 aromatic heterocycles. The standard InChI is InChI=1S/C21H19NO6S/c1-13-11-18(28-20(13)21(24)25)29(26,27)22-14(2)16-9-6-10-17(12-16)19(23)15-7-4-3-5-8-15/h3-12,14,22H,1-2H3,(H,24,25)/t14-/m1/s1. The second-order valence-electron chi connectivity index (χ2n) is 6.55. The van der Waals surface area contributed by atoms with E-state index in [0.717, 1.165) is 6.07 Å². The average molecular weight is 413 g/mol. The Hall–Kier alpha value is -3.23. The lowest BCUT2D eigenvalue weighted by molar-refractivity contribution is 0.0655. The van der Waals surface area contributed by atoms with Crippen LogP contribution in [-0.2, 0) is 10.0 Å². The average Bonchev–Trinajstić information content (AvgIpc) is 3.11. The summed E-state index contributed by atoms with van der Waals surface area (Å²) in [6, 6.07) is 15.9. The highest BCUT2D eigenvalue weighted by Crippen LogP contribution is 2.23. The summed E-state index contributed by atoms with van der Waals surface area (Å²) in [5.74, 6) is -1.94. The van der Waals surface area contributed by atoms with Gasteiger partial charge < -0.3 is 9.52 Å². The number of carboxylic acid groups (broad SMARTS) is 1. The lowest BCUT2D eigenvalue weighted by Crippen LogP contribution is -2.26. The molecule has 0 spiro atoms. The number of ketones is 1. The van der Waals surface area contributed by atoms with Crippen LogP contribution in [0.4, 0.5) is 0 Å². The normalized spacial score (nSPS) is 12.5. The van der Waals surface area contributed by atoms with Crippen molar-refractivity contribution in [3.8, 4) is 0 Å². The van der Waals surface area contributed by atoms with Crippen molar-refractivity contribution in [1.82, 2.24) is 4.72 Å². The first-order chi connectivity index (χ1) is 13.7. The predicted molar refractivity (Wildman–Crippen MR) is 105 cm³/mol. The van der Waals surface area contributed by atoms with Crippen molar-refractivity contribution in [2.45, 2.75) is 25.0 Å². The SMILES string of the molecule is Cc1cc(S(=O)(=O)N[C@H](C)c2cccc(C(=O)c3ccccc3)c2)oc1C(=O)O. The van der Waals surface area contributed by atoms with Crippen LogP contribution >= 0.6 is 0 Å². The van der Waals surface area contributed by atoms with Gasteiger partial charge in [0.05, 0.1) is 0 Å². The van der Waals surface area contributed by atoms with E-state index in [-0.39, 0.29) is 11.3 Å². The van der Waals surface area contributed by atoms with Crippen molar-refractivity contribution >= 4 is 21.8 Å². The number of furan rings is 1. The summed E-state index contributed by atoms with van der Waals surface area (Å²) in [6.45, 7) is 3.08. The highest BCUT2D eigenvalue weighted by atomic mass is 32.2. The first kappa shape index (κ1) is 20.5. The highest BCUT2D eigenvalue weighted by Gasteiger charge is 2.26. The lowest BCUT2D eigenvalue weighted by Gasteiger charge is -2.14. The molecule has 0 saturated carbocycles. The Bertz CT molecular complexity index is 1160. The fourth-order valence-corrected chi connectivity index (χ4v) is 4.10. The van der Waals surface area contributed by atoms with E-state index in [0.29, 0.717) is 16.7 Å². The lowest BCUT2D eigenvalue weighted by atomic mass is 9.99. The van der Waals surface area contributed by atoms with Crippen molar-refractivity contribution in [2.75, 3.05) is 0 Å². The van der Waals surface area contributed by atoms with Crippen LogP contribution in [-0.4, -0.2) is 25.3 Å². The van der Waals surface area contributed by atoms with Crippen molar-refractivity contribution in [2.24, 2.45) is 0 Å². The number of sulfonamides is 1. The van der Waals surface area contributed by atoms with Crippen molar-refractivity contribution in [3.05, 3.63) is 88.7 Å². The second kappa shape index (κ2) is 8.02. The summed E-state index contributed by atoms with van der Waals surface area (Å²) >= 11 is 0. The van der Waals surface area contributed by atoms with Gasteiger partial charge >= 0.3 is 5.97 Å². The van der Waals surface area contributed by atoms with Gasteiger partial charge in [-0.2, -0.15) is 0 Å². The van der Waals surface area contributed by atoms with Crippen molar-refractivity contribution in [3.63, 3.8) is 0 Å². The van der Waals surface area contributed by atoms with E-state index < -0.39 is 32.9 Å². The Morgan fingerprint density at radius 2 is 1.66 bits per heavy atom. The number of carbonyl (C=O) groups excluding carboxylic acids is 1. The molecular formula is C21H19NO6S. The zero-order valence-electron chi connectivity index (χ0n) is 15.7. The molecule has 1 heterocycles. The monoisotopic (exact) mass is 413 g/mol. The summed E-state index contributed by atoms with van der Waals surface area (Å²) in [5, 5.41) is 8.56. The molecule has 0 bridgehead atoms. The molecular weight excluding hydrogens is 394 g/mol. The highest BCUT2D eigenvalue weighted by molar-refractivity contribution is 7.89. The van der Waals surface area contributed by atoms with Gasteiger partial charge in [-0.05, 0) is 25.5 Å². The molecule has 0 aliphatic heterocycles. The number of aromatic carboxylic acids is 1. The summed E-state index contributed by atoms with van der Waals surface area (Å²) in [4.78, 5) is 23.7. The molecule has 29 heavy (non-hydrogen) atoms. The van der Waals surface area contributed by atoms with Gasteiger partial charge in [0.2, 0.25) is 10.9 Å². The summed E-state index contributed by atoms with van der Waals surface area (Å²) in [6.07, 6.45) is 0. The fraction of sp³-hybridized carbons (Fsp3) is 0.143.